The number of halogens is 4. The number of hydrogen-bond acceptors (Lipinski definition) is 5. The third kappa shape index (κ3) is 4.28. The Kier molecular flexibility index (Phi) is 5.37. The maximum absolute atomic E-state index is 13.1. The molecule has 1 N–H and O–H groups in total. The average molecular weight is 465 g/mol. The molecule has 1 unspecified atom stereocenters. The van der Waals surface area contributed by atoms with Gasteiger partial charge in [-0.2, -0.15) is 0 Å². The zero-order chi connectivity index (χ0) is 23.1. The lowest BCUT2D eigenvalue weighted by molar-refractivity contribution is -0.274. The molecule has 6 nitrogen and oxygen atoms in total. The van der Waals surface area contributed by atoms with E-state index in [1.165, 1.54) is 42.5 Å². The van der Waals surface area contributed by atoms with Crippen LogP contribution in [-0.2, 0) is 16.9 Å². The summed E-state index contributed by atoms with van der Waals surface area (Å²) in [6.07, 6.45) is -4.83. The Balaban J connectivity index is 1.51. The van der Waals surface area contributed by atoms with E-state index in [9.17, 15) is 27.2 Å². The van der Waals surface area contributed by atoms with Gasteiger partial charge in [0.1, 0.15) is 22.1 Å². The van der Waals surface area contributed by atoms with Crippen LogP contribution in [0.25, 0.3) is 10.6 Å². The van der Waals surface area contributed by atoms with Gasteiger partial charge in [-0.1, -0.05) is 12.1 Å². The number of aromatic nitrogens is 1. The van der Waals surface area contributed by atoms with Crippen molar-refractivity contribution in [2.24, 2.45) is 0 Å². The van der Waals surface area contributed by atoms with Crippen LogP contribution in [0.5, 0.6) is 5.75 Å². The molecule has 0 aliphatic carbocycles. The molecule has 3 amide bonds. The number of carbonyl (C=O) groups is 2. The van der Waals surface area contributed by atoms with E-state index in [0.29, 0.717) is 21.8 Å². The van der Waals surface area contributed by atoms with Crippen molar-refractivity contribution in [1.29, 1.82) is 0 Å². The van der Waals surface area contributed by atoms with Gasteiger partial charge in [-0.25, -0.2) is 14.2 Å². The number of ether oxygens (including phenoxy) is 1. The van der Waals surface area contributed by atoms with Crippen molar-refractivity contribution in [3.63, 3.8) is 0 Å². The minimum Gasteiger partial charge on any atom is -0.406 e. The Hall–Kier alpha value is -3.47. The number of nitrogens with one attached hydrogen (secondary N) is 1. The first-order valence-electron chi connectivity index (χ1n) is 9.26. The van der Waals surface area contributed by atoms with Crippen molar-refractivity contribution in [3.8, 4) is 16.3 Å². The number of alkyl halides is 3. The van der Waals surface area contributed by atoms with Gasteiger partial charge < -0.3 is 10.1 Å². The second-order valence-corrected chi connectivity index (χ2v) is 8.03. The average Bonchev–Trinajstić information content (AvgIpc) is 3.27. The number of amides is 3. The van der Waals surface area contributed by atoms with Gasteiger partial charge in [-0.15, -0.1) is 24.5 Å². The summed E-state index contributed by atoms with van der Waals surface area (Å²) in [6, 6.07) is 9.86. The van der Waals surface area contributed by atoms with Crippen molar-refractivity contribution < 1.29 is 31.9 Å². The normalized spacial score (nSPS) is 18.7. The number of thiazole rings is 1. The van der Waals surface area contributed by atoms with E-state index >= 15 is 0 Å². The summed E-state index contributed by atoms with van der Waals surface area (Å²) in [7, 11) is 0. The molecule has 1 saturated heterocycles. The molecule has 1 aromatic heterocycles. The van der Waals surface area contributed by atoms with Crippen LogP contribution in [-0.4, -0.2) is 28.2 Å². The Morgan fingerprint density at radius 1 is 1.09 bits per heavy atom. The molecule has 1 fully saturated rings. The zero-order valence-corrected chi connectivity index (χ0v) is 17.3. The zero-order valence-electron chi connectivity index (χ0n) is 16.4. The third-order valence-electron chi connectivity index (χ3n) is 4.90. The van der Waals surface area contributed by atoms with Gasteiger partial charge in [0.2, 0.25) is 0 Å². The van der Waals surface area contributed by atoms with Crippen LogP contribution < -0.4 is 10.1 Å². The molecular weight excluding hydrogens is 450 g/mol. The summed E-state index contributed by atoms with van der Waals surface area (Å²) < 4.78 is 54.0. The van der Waals surface area contributed by atoms with Crippen LogP contribution >= 0.6 is 11.3 Å². The van der Waals surface area contributed by atoms with E-state index < -0.39 is 29.6 Å². The van der Waals surface area contributed by atoms with Crippen LogP contribution in [0, 0.1) is 5.82 Å². The maximum atomic E-state index is 13.1. The third-order valence-corrected chi connectivity index (χ3v) is 5.84. The molecule has 4 rings (SSSR count). The lowest BCUT2D eigenvalue weighted by Gasteiger charge is -2.22. The van der Waals surface area contributed by atoms with Crippen molar-refractivity contribution >= 4 is 23.3 Å². The van der Waals surface area contributed by atoms with Crippen LogP contribution in [0.2, 0.25) is 0 Å². The van der Waals surface area contributed by atoms with E-state index in [0.717, 1.165) is 17.0 Å². The number of benzene rings is 2. The van der Waals surface area contributed by atoms with Gasteiger partial charge in [0.05, 0.1) is 12.2 Å². The predicted octanol–water partition coefficient (Wildman–Crippen LogP) is 4.82. The monoisotopic (exact) mass is 465 g/mol. The number of rotatable bonds is 5. The lowest BCUT2D eigenvalue weighted by Crippen LogP contribution is -2.40. The predicted molar refractivity (Wildman–Crippen MR) is 107 cm³/mol. The Labute approximate surface area is 183 Å². The summed E-state index contributed by atoms with van der Waals surface area (Å²) >= 11 is 1.29. The lowest BCUT2D eigenvalue weighted by atomic mass is 9.92. The first-order chi connectivity index (χ1) is 15.0. The number of urea groups is 1. The van der Waals surface area contributed by atoms with Crippen LogP contribution in [0.3, 0.4) is 0 Å². The van der Waals surface area contributed by atoms with Gasteiger partial charge in [0, 0.05) is 10.9 Å². The molecule has 11 heteroatoms. The molecule has 32 heavy (non-hydrogen) atoms. The van der Waals surface area contributed by atoms with Crippen molar-refractivity contribution in [2.45, 2.75) is 25.4 Å². The SMILES string of the molecule is CC1(c2ccc(OC(F)(F)F)cc2)NC(=O)N(Cc2csc(-c3ccc(F)cc3)n2)C1=O. The molecule has 2 aromatic carbocycles. The topological polar surface area (TPSA) is 71.5 Å². The molecule has 1 aliphatic rings. The van der Waals surface area contributed by atoms with Gasteiger partial charge in [-0.05, 0) is 48.9 Å². The number of imide groups is 1. The first kappa shape index (κ1) is 21.8. The molecule has 0 radical (unpaired) electrons. The smallest absolute Gasteiger partial charge is 0.406 e. The summed E-state index contributed by atoms with van der Waals surface area (Å²) in [5.41, 5.74) is 0.0175. The summed E-state index contributed by atoms with van der Waals surface area (Å²) in [5.74, 6) is -1.38. The highest BCUT2D eigenvalue weighted by Crippen LogP contribution is 2.32. The number of carbonyl (C=O) groups excluding carboxylic acids is 2. The largest absolute Gasteiger partial charge is 0.573 e. The summed E-state index contributed by atoms with van der Waals surface area (Å²) in [4.78, 5) is 30.9. The van der Waals surface area contributed by atoms with Crippen molar-refractivity contribution in [2.75, 3.05) is 0 Å². The molecule has 1 atom stereocenters. The Morgan fingerprint density at radius 3 is 2.38 bits per heavy atom. The van der Waals surface area contributed by atoms with Gasteiger partial charge in [-0.3, -0.25) is 9.69 Å². The minimum atomic E-state index is -4.83. The highest BCUT2D eigenvalue weighted by Gasteiger charge is 2.49. The van der Waals surface area contributed by atoms with Crippen LogP contribution in [0.15, 0.2) is 53.9 Å². The Bertz CT molecular complexity index is 1160. The summed E-state index contributed by atoms with van der Waals surface area (Å²) in [5, 5.41) is 4.89. The molecule has 0 bridgehead atoms. The number of hydrogen-bond donors (Lipinski definition) is 1. The van der Waals surface area contributed by atoms with Crippen molar-refractivity contribution in [3.05, 3.63) is 71.0 Å². The van der Waals surface area contributed by atoms with E-state index in [2.05, 4.69) is 15.0 Å². The minimum absolute atomic E-state index is 0.0901. The summed E-state index contributed by atoms with van der Waals surface area (Å²) in [6.45, 7) is 1.38. The van der Waals surface area contributed by atoms with E-state index in [1.807, 2.05) is 0 Å². The molecule has 3 aromatic rings. The molecule has 0 saturated carbocycles. The van der Waals surface area contributed by atoms with Gasteiger partial charge in [0.25, 0.3) is 5.91 Å². The highest BCUT2D eigenvalue weighted by atomic mass is 32.1. The molecule has 1 aliphatic heterocycles. The van der Waals surface area contributed by atoms with E-state index in [4.69, 9.17) is 0 Å². The fraction of sp³-hybridized carbons (Fsp3) is 0.190. The Morgan fingerprint density at radius 2 is 1.75 bits per heavy atom. The molecular formula is C21H15F4N3O3S. The van der Waals surface area contributed by atoms with Gasteiger partial charge >= 0.3 is 12.4 Å². The fourth-order valence-corrected chi connectivity index (χ4v) is 4.11. The molecule has 166 valence electrons. The highest BCUT2D eigenvalue weighted by molar-refractivity contribution is 7.13. The van der Waals surface area contributed by atoms with Gasteiger partial charge in [0.15, 0.2) is 0 Å². The molecule has 2 heterocycles. The van der Waals surface area contributed by atoms with Crippen molar-refractivity contribution in [1.82, 2.24) is 15.2 Å². The van der Waals surface area contributed by atoms with E-state index in [1.54, 1.807) is 17.5 Å². The van der Waals surface area contributed by atoms with Crippen LogP contribution in [0.1, 0.15) is 18.2 Å². The molecule has 0 spiro atoms. The fourth-order valence-electron chi connectivity index (χ4n) is 3.29. The van der Waals surface area contributed by atoms with Crippen LogP contribution in [0.4, 0.5) is 22.4 Å². The second kappa shape index (κ2) is 7.90. The number of nitrogens with zero attached hydrogens (tertiary/aromatic N) is 2. The standard InChI is InChI=1S/C21H15F4N3O3S/c1-20(13-4-8-16(9-5-13)31-21(23,24)25)18(29)28(19(30)27-20)10-15-11-32-17(26-15)12-2-6-14(22)7-3-12/h2-9,11H,10H2,1H3,(H,27,30). The maximum Gasteiger partial charge on any atom is 0.573 e. The first-order valence-corrected chi connectivity index (χ1v) is 10.1. The quantitative estimate of drug-likeness (QED) is 0.434. The van der Waals surface area contributed by atoms with E-state index in [-0.39, 0.29) is 12.4 Å². The second-order valence-electron chi connectivity index (χ2n) is 7.17.